The summed E-state index contributed by atoms with van der Waals surface area (Å²) in [6.07, 6.45) is 0. The molecule has 0 unspecified atom stereocenters. The number of hydrogen-bond acceptors (Lipinski definition) is 3. The highest BCUT2D eigenvalue weighted by molar-refractivity contribution is 5.94. The first kappa shape index (κ1) is 13.6. The molecule has 3 heteroatoms. The normalized spacial score (nSPS) is 11.0. The zero-order valence-electron chi connectivity index (χ0n) is 12.6. The predicted octanol–water partition coefficient (Wildman–Crippen LogP) is 5.05. The van der Waals surface area contributed by atoms with Crippen LogP contribution in [-0.4, -0.2) is 0 Å². The molecule has 0 spiro atoms. The zero-order valence-corrected chi connectivity index (χ0v) is 12.6. The maximum absolute atomic E-state index is 12.9. The smallest absolute Gasteiger partial charge is 0.204 e. The molecule has 0 aliphatic rings. The lowest BCUT2D eigenvalue weighted by Crippen LogP contribution is -2.04. The number of rotatable bonds is 2. The van der Waals surface area contributed by atoms with Crippen LogP contribution in [-0.2, 0) is 0 Å². The lowest BCUT2D eigenvalue weighted by Gasteiger charge is -2.10. The second-order valence-electron chi connectivity index (χ2n) is 5.43. The summed E-state index contributed by atoms with van der Waals surface area (Å²) < 4.78 is 11.9. The number of ether oxygens (including phenoxy) is 1. The average Bonchev–Trinajstić information content (AvgIpc) is 2.59. The van der Waals surface area contributed by atoms with Crippen molar-refractivity contribution in [3.8, 4) is 11.5 Å². The first-order valence-electron chi connectivity index (χ1n) is 7.42. The summed E-state index contributed by atoms with van der Waals surface area (Å²) in [6, 6.07) is 20.4. The Hall–Kier alpha value is -3.07. The van der Waals surface area contributed by atoms with Gasteiger partial charge in [-0.05, 0) is 42.8 Å². The summed E-state index contributed by atoms with van der Waals surface area (Å²) in [5, 5.41) is 1.04. The molecule has 0 fully saturated rings. The Morgan fingerprint density at radius 2 is 1.61 bits per heavy atom. The number of hydrogen-bond donors (Lipinski definition) is 0. The van der Waals surface area contributed by atoms with Gasteiger partial charge in [-0.1, -0.05) is 36.4 Å². The number of fused-ring (bicyclic) bond motifs is 2. The van der Waals surface area contributed by atoms with Gasteiger partial charge in [0, 0.05) is 0 Å². The predicted molar refractivity (Wildman–Crippen MR) is 91.2 cm³/mol. The first-order chi connectivity index (χ1) is 11.2. The van der Waals surface area contributed by atoms with Gasteiger partial charge in [0.2, 0.25) is 5.43 Å². The van der Waals surface area contributed by atoms with E-state index in [-0.39, 0.29) is 5.43 Å². The summed E-state index contributed by atoms with van der Waals surface area (Å²) in [4.78, 5) is 12.9. The summed E-state index contributed by atoms with van der Waals surface area (Å²) in [5.41, 5.74) is 1.99. The van der Waals surface area contributed by atoms with Gasteiger partial charge in [-0.15, -0.1) is 0 Å². The van der Waals surface area contributed by atoms with Crippen LogP contribution in [0.3, 0.4) is 0 Å². The molecule has 3 aromatic carbocycles. The van der Waals surface area contributed by atoms with E-state index in [1.54, 1.807) is 12.1 Å². The summed E-state index contributed by atoms with van der Waals surface area (Å²) in [6.45, 7) is 1.92. The van der Waals surface area contributed by atoms with Crippen LogP contribution in [0.15, 0.2) is 75.9 Å². The van der Waals surface area contributed by atoms with Crippen LogP contribution >= 0.6 is 0 Å². The van der Waals surface area contributed by atoms with Crippen molar-refractivity contribution >= 4 is 21.9 Å². The Balaban J connectivity index is 2.04. The van der Waals surface area contributed by atoms with Gasteiger partial charge in [-0.25, -0.2) is 0 Å². The van der Waals surface area contributed by atoms with E-state index < -0.39 is 0 Å². The molecule has 3 nitrogen and oxygen atoms in total. The van der Waals surface area contributed by atoms with E-state index in [4.69, 9.17) is 9.15 Å². The topological polar surface area (TPSA) is 39.4 Å². The van der Waals surface area contributed by atoms with Gasteiger partial charge in [0.1, 0.15) is 28.1 Å². The molecule has 1 aromatic heterocycles. The van der Waals surface area contributed by atoms with E-state index in [0.717, 1.165) is 5.56 Å². The Kier molecular flexibility index (Phi) is 3.12. The number of benzene rings is 3. The van der Waals surface area contributed by atoms with Crippen LogP contribution in [0.2, 0.25) is 0 Å². The van der Waals surface area contributed by atoms with Gasteiger partial charge in [-0.3, -0.25) is 4.79 Å². The lowest BCUT2D eigenvalue weighted by molar-refractivity contribution is 0.487. The quantitative estimate of drug-likeness (QED) is 0.487. The third kappa shape index (κ3) is 2.27. The molecule has 4 aromatic rings. The van der Waals surface area contributed by atoms with Gasteiger partial charge in [0.05, 0.1) is 5.39 Å². The molecule has 0 atom stereocenters. The maximum atomic E-state index is 12.9. The second kappa shape index (κ2) is 5.29. The Bertz CT molecular complexity index is 1060. The first-order valence-corrected chi connectivity index (χ1v) is 7.42. The maximum Gasteiger partial charge on any atom is 0.204 e. The van der Waals surface area contributed by atoms with E-state index in [9.17, 15) is 4.79 Å². The summed E-state index contributed by atoms with van der Waals surface area (Å²) in [5.74, 6) is 1.20. The van der Waals surface area contributed by atoms with Gasteiger partial charge in [0.25, 0.3) is 0 Å². The van der Waals surface area contributed by atoms with Crippen molar-refractivity contribution < 1.29 is 9.15 Å². The summed E-state index contributed by atoms with van der Waals surface area (Å²) >= 11 is 0. The summed E-state index contributed by atoms with van der Waals surface area (Å²) in [7, 11) is 0. The zero-order chi connectivity index (χ0) is 15.8. The van der Waals surface area contributed by atoms with Crippen molar-refractivity contribution in [2.75, 3.05) is 0 Å². The lowest BCUT2D eigenvalue weighted by atomic mass is 10.1. The fraction of sp³-hybridized carbons (Fsp3) is 0.0500. The molecule has 0 aliphatic heterocycles. The molecule has 1 heterocycles. The van der Waals surface area contributed by atoms with Crippen LogP contribution in [0.5, 0.6) is 11.5 Å². The minimum atomic E-state index is -0.0727. The van der Waals surface area contributed by atoms with Crippen molar-refractivity contribution in [2.24, 2.45) is 0 Å². The highest BCUT2D eigenvalue weighted by Crippen LogP contribution is 2.31. The molecule has 0 aliphatic carbocycles. The molecule has 4 rings (SSSR count). The minimum absolute atomic E-state index is 0.0727. The molecule has 112 valence electrons. The van der Waals surface area contributed by atoms with E-state index >= 15 is 0 Å². The highest BCUT2D eigenvalue weighted by atomic mass is 16.5. The van der Waals surface area contributed by atoms with Crippen LogP contribution in [0.25, 0.3) is 21.9 Å². The molecular weight excluding hydrogens is 288 g/mol. The second-order valence-corrected chi connectivity index (χ2v) is 5.43. The van der Waals surface area contributed by atoms with E-state index in [2.05, 4.69) is 0 Å². The van der Waals surface area contributed by atoms with Crippen molar-refractivity contribution in [3.63, 3.8) is 0 Å². The van der Waals surface area contributed by atoms with E-state index in [0.29, 0.717) is 33.4 Å². The third-order valence-corrected chi connectivity index (χ3v) is 3.86. The molecule has 0 N–H and O–H groups in total. The fourth-order valence-corrected chi connectivity index (χ4v) is 2.70. The Morgan fingerprint density at radius 3 is 2.43 bits per heavy atom. The molecule has 0 radical (unpaired) electrons. The Labute approximate surface area is 132 Å². The highest BCUT2D eigenvalue weighted by Gasteiger charge is 2.14. The van der Waals surface area contributed by atoms with Gasteiger partial charge in [0.15, 0.2) is 0 Å². The van der Waals surface area contributed by atoms with E-state index in [1.807, 2.05) is 61.5 Å². The minimum Gasteiger partial charge on any atom is -0.456 e. The molecule has 0 amide bonds. The molecule has 23 heavy (non-hydrogen) atoms. The number of aryl methyl sites for hydroxylation is 1. The van der Waals surface area contributed by atoms with Gasteiger partial charge < -0.3 is 9.15 Å². The monoisotopic (exact) mass is 302 g/mol. The van der Waals surface area contributed by atoms with Crippen LogP contribution < -0.4 is 10.2 Å². The van der Waals surface area contributed by atoms with Crippen LogP contribution in [0.1, 0.15) is 5.56 Å². The van der Waals surface area contributed by atoms with Crippen molar-refractivity contribution in [3.05, 3.63) is 82.5 Å². The van der Waals surface area contributed by atoms with Crippen molar-refractivity contribution in [2.45, 2.75) is 6.92 Å². The largest absolute Gasteiger partial charge is 0.456 e. The van der Waals surface area contributed by atoms with Crippen LogP contribution in [0.4, 0.5) is 0 Å². The van der Waals surface area contributed by atoms with Crippen molar-refractivity contribution in [1.82, 2.24) is 0 Å². The SMILES string of the molecule is Cc1ccc(Oc2ccccc2)c2c(=O)c3ccccc3oc12. The van der Waals surface area contributed by atoms with Gasteiger partial charge >= 0.3 is 0 Å². The standard InChI is InChI=1S/C20H14O3/c1-13-11-12-17(22-14-7-3-2-4-8-14)18-19(21)15-9-5-6-10-16(15)23-20(13)18/h2-12H,1H3. The Morgan fingerprint density at radius 1 is 0.870 bits per heavy atom. The van der Waals surface area contributed by atoms with Crippen molar-refractivity contribution in [1.29, 1.82) is 0 Å². The molecule has 0 saturated heterocycles. The number of para-hydroxylation sites is 2. The molecule has 0 saturated carbocycles. The molecular formula is C20H14O3. The van der Waals surface area contributed by atoms with E-state index in [1.165, 1.54) is 0 Å². The fourth-order valence-electron chi connectivity index (χ4n) is 2.70. The third-order valence-electron chi connectivity index (χ3n) is 3.86. The molecule has 0 bridgehead atoms. The van der Waals surface area contributed by atoms with Gasteiger partial charge in [-0.2, -0.15) is 0 Å². The van der Waals surface area contributed by atoms with Crippen LogP contribution in [0, 0.1) is 6.92 Å². The average molecular weight is 302 g/mol.